The van der Waals surface area contributed by atoms with Crippen LogP contribution < -0.4 is 4.80 Å². The number of allylic oxidation sites excluding steroid dienone is 1. The molecule has 0 atom stereocenters. The summed E-state index contributed by atoms with van der Waals surface area (Å²) in [7, 11) is 1.34. The molecular weight excluding hydrogens is 352 g/mol. The van der Waals surface area contributed by atoms with Crippen LogP contribution in [0.25, 0.3) is 10.2 Å². The average molecular weight is 370 g/mol. The summed E-state index contributed by atoms with van der Waals surface area (Å²) in [6.45, 7) is 6.77. The summed E-state index contributed by atoms with van der Waals surface area (Å²) in [6.07, 6.45) is 3.32. The van der Waals surface area contributed by atoms with Crippen molar-refractivity contribution in [2.75, 3.05) is 7.11 Å². The van der Waals surface area contributed by atoms with Crippen molar-refractivity contribution in [3.05, 3.63) is 59.2 Å². The largest absolute Gasteiger partial charge is 0.465 e. The second-order valence-corrected chi connectivity index (χ2v) is 6.42. The third-order valence-corrected chi connectivity index (χ3v) is 4.89. The highest BCUT2D eigenvalue weighted by Crippen LogP contribution is 2.20. The van der Waals surface area contributed by atoms with Crippen LogP contribution in [0, 0.1) is 0 Å². The van der Waals surface area contributed by atoms with Crippen LogP contribution in [0.15, 0.2) is 48.1 Å². The fourth-order valence-corrected chi connectivity index (χ4v) is 3.70. The molecule has 0 spiro atoms. The smallest absolute Gasteiger partial charge is 0.337 e. The number of carbonyl (C=O) groups is 2. The molecule has 0 unspecified atom stereocenters. The van der Waals surface area contributed by atoms with E-state index in [0.717, 1.165) is 10.2 Å². The van der Waals surface area contributed by atoms with E-state index in [-0.39, 0.29) is 5.91 Å². The minimum Gasteiger partial charge on any atom is -0.465 e. The normalized spacial score (nSPS) is 11.7. The lowest BCUT2D eigenvalue weighted by molar-refractivity contribution is 0.0601. The Kier molecular flexibility index (Phi) is 5.13. The number of hydrogen-bond donors (Lipinski definition) is 0. The van der Waals surface area contributed by atoms with Crippen molar-refractivity contribution in [1.29, 1.82) is 0 Å². The number of fused-ring (bicyclic) bond motifs is 1. The molecular formula is C18H18N4O3S. The highest BCUT2D eigenvalue weighted by atomic mass is 32.1. The number of aryl methyl sites for hydroxylation is 1. The lowest BCUT2D eigenvalue weighted by atomic mass is 10.2. The van der Waals surface area contributed by atoms with Gasteiger partial charge in [-0.15, -0.1) is 6.58 Å². The fraction of sp³-hybridized carbons (Fsp3) is 0.222. The molecule has 1 aromatic carbocycles. The Hall–Kier alpha value is -3.00. The number of esters is 1. The molecule has 7 nitrogen and oxygen atoms in total. The minimum absolute atomic E-state index is 0.359. The molecule has 0 saturated heterocycles. The summed E-state index contributed by atoms with van der Waals surface area (Å²) in [5.74, 6) is -0.765. The van der Waals surface area contributed by atoms with Crippen LogP contribution in [0.3, 0.4) is 0 Å². The van der Waals surface area contributed by atoms with Crippen LogP contribution in [-0.4, -0.2) is 33.3 Å². The van der Waals surface area contributed by atoms with Gasteiger partial charge in [0, 0.05) is 19.3 Å². The fourth-order valence-electron chi connectivity index (χ4n) is 2.62. The zero-order valence-electron chi connectivity index (χ0n) is 14.5. The van der Waals surface area contributed by atoms with Crippen molar-refractivity contribution < 1.29 is 14.3 Å². The predicted molar refractivity (Wildman–Crippen MR) is 99.1 cm³/mol. The third-order valence-electron chi connectivity index (χ3n) is 3.85. The van der Waals surface area contributed by atoms with E-state index in [1.165, 1.54) is 18.4 Å². The quantitative estimate of drug-likeness (QED) is 0.511. The number of rotatable bonds is 5. The molecule has 3 aromatic rings. The SMILES string of the molecule is C=CCn1c(=NC(=O)c2ccnn2CC)sc2cc(C(=O)OC)ccc21. The third kappa shape index (κ3) is 3.23. The number of hydrogen-bond acceptors (Lipinski definition) is 5. The Balaban J connectivity index is 2.14. The molecule has 0 aliphatic heterocycles. The van der Waals surface area contributed by atoms with E-state index >= 15 is 0 Å². The van der Waals surface area contributed by atoms with Crippen molar-refractivity contribution >= 4 is 33.4 Å². The van der Waals surface area contributed by atoms with Crippen molar-refractivity contribution in [3.63, 3.8) is 0 Å². The highest BCUT2D eigenvalue weighted by Gasteiger charge is 2.14. The number of nitrogens with zero attached hydrogens (tertiary/aromatic N) is 4. The van der Waals surface area contributed by atoms with Gasteiger partial charge in [0.05, 0.1) is 22.9 Å². The Morgan fingerprint density at radius 2 is 2.19 bits per heavy atom. The van der Waals surface area contributed by atoms with E-state index in [1.807, 2.05) is 17.6 Å². The van der Waals surface area contributed by atoms with Gasteiger partial charge < -0.3 is 9.30 Å². The van der Waals surface area contributed by atoms with Crippen LogP contribution in [-0.2, 0) is 17.8 Å². The first-order valence-corrected chi connectivity index (χ1v) is 8.84. The maximum Gasteiger partial charge on any atom is 0.337 e. The molecule has 0 aliphatic carbocycles. The average Bonchev–Trinajstić information content (AvgIpc) is 3.25. The van der Waals surface area contributed by atoms with Crippen molar-refractivity contribution in [3.8, 4) is 0 Å². The maximum absolute atomic E-state index is 12.6. The van der Waals surface area contributed by atoms with Gasteiger partial charge in [-0.05, 0) is 31.2 Å². The van der Waals surface area contributed by atoms with Crippen LogP contribution in [0.5, 0.6) is 0 Å². The first kappa shape index (κ1) is 17.8. The molecule has 2 aromatic heterocycles. The van der Waals surface area contributed by atoms with E-state index in [2.05, 4.69) is 16.7 Å². The number of benzene rings is 1. The molecule has 134 valence electrons. The number of carbonyl (C=O) groups excluding carboxylic acids is 2. The lowest BCUT2D eigenvalue weighted by Gasteiger charge is -2.03. The van der Waals surface area contributed by atoms with Gasteiger partial charge in [-0.2, -0.15) is 10.1 Å². The van der Waals surface area contributed by atoms with Gasteiger partial charge in [0.1, 0.15) is 5.69 Å². The Bertz CT molecular complexity index is 1060. The second kappa shape index (κ2) is 7.49. The Morgan fingerprint density at radius 1 is 1.38 bits per heavy atom. The van der Waals surface area contributed by atoms with Gasteiger partial charge in [-0.1, -0.05) is 17.4 Å². The van der Waals surface area contributed by atoms with E-state index in [4.69, 9.17) is 4.74 Å². The summed E-state index contributed by atoms with van der Waals surface area (Å²) < 4.78 is 9.09. The number of aromatic nitrogens is 3. The van der Waals surface area contributed by atoms with Crippen molar-refractivity contribution in [2.24, 2.45) is 4.99 Å². The number of methoxy groups -OCH3 is 1. The number of amides is 1. The number of thiazole rings is 1. The predicted octanol–water partition coefficient (Wildman–Crippen LogP) is 2.63. The first-order chi connectivity index (χ1) is 12.6. The topological polar surface area (TPSA) is 78.5 Å². The van der Waals surface area contributed by atoms with Gasteiger partial charge in [0.2, 0.25) is 0 Å². The molecule has 0 radical (unpaired) electrons. The van der Waals surface area contributed by atoms with Crippen LogP contribution >= 0.6 is 11.3 Å². The van der Waals surface area contributed by atoms with E-state index < -0.39 is 5.97 Å². The molecule has 3 rings (SSSR count). The lowest BCUT2D eigenvalue weighted by Crippen LogP contribution is -2.17. The Labute approximate surface area is 153 Å². The van der Waals surface area contributed by atoms with Crippen molar-refractivity contribution in [1.82, 2.24) is 14.3 Å². The summed E-state index contributed by atoms with van der Waals surface area (Å²) >= 11 is 1.34. The monoisotopic (exact) mass is 370 g/mol. The summed E-state index contributed by atoms with van der Waals surface area (Å²) in [5.41, 5.74) is 1.76. The summed E-state index contributed by atoms with van der Waals surface area (Å²) in [6, 6.07) is 6.90. The standard InChI is InChI=1S/C18H18N4O3S/c1-4-10-21-13-7-6-12(17(24)25-3)11-15(13)26-18(21)20-16(23)14-8-9-19-22(14)5-2/h4,6-9,11H,1,5,10H2,2-3H3. The highest BCUT2D eigenvalue weighted by molar-refractivity contribution is 7.16. The van der Waals surface area contributed by atoms with Crippen molar-refractivity contribution in [2.45, 2.75) is 20.0 Å². The summed E-state index contributed by atoms with van der Waals surface area (Å²) in [4.78, 5) is 29.1. The molecule has 2 heterocycles. The van der Waals surface area contributed by atoms with Gasteiger partial charge in [0.15, 0.2) is 4.80 Å². The Morgan fingerprint density at radius 3 is 2.88 bits per heavy atom. The molecule has 1 amide bonds. The van der Waals surface area contributed by atoms with E-state index in [9.17, 15) is 9.59 Å². The van der Waals surface area contributed by atoms with Gasteiger partial charge >= 0.3 is 5.97 Å². The first-order valence-electron chi connectivity index (χ1n) is 8.02. The van der Waals surface area contributed by atoms with Gasteiger partial charge in [0.25, 0.3) is 5.91 Å². The van der Waals surface area contributed by atoms with Crippen LogP contribution in [0.1, 0.15) is 27.8 Å². The van der Waals surface area contributed by atoms with Gasteiger partial charge in [-0.3, -0.25) is 9.48 Å². The molecule has 8 heteroatoms. The van der Waals surface area contributed by atoms with Crippen LogP contribution in [0.4, 0.5) is 0 Å². The van der Waals surface area contributed by atoms with Crippen LogP contribution in [0.2, 0.25) is 0 Å². The summed E-state index contributed by atoms with van der Waals surface area (Å²) in [5, 5.41) is 4.10. The zero-order valence-corrected chi connectivity index (χ0v) is 15.3. The van der Waals surface area contributed by atoms with E-state index in [1.54, 1.807) is 35.2 Å². The molecule has 0 N–H and O–H groups in total. The van der Waals surface area contributed by atoms with E-state index in [0.29, 0.717) is 29.1 Å². The molecule has 0 bridgehead atoms. The molecule has 0 fully saturated rings. The molecule has 26 heavy (non-hydrogen) atoms. The maximum atomic E-state index is 12.6. The second-order valence-electron chi connectivity index (χ2n) is 5.41. The minimum atomic E-state index is -0.406. The zero-order chi connectivity index (χ0) is 18.7. The number of ether oxygens (including phenoxy) is 1. The molecule has 0 aliphatic rings. The van der Waals surface area contributed by atoms with Gasteiger partial charge in [-0.25, -0.2) is 4.79 Å². The molecule has 0 saturated carbocycles.